The Balaban J connectivity index is 2.88. The van der Waals surface area contributed by atoms with Crippen LogP contribution in [0.5, 0.6) is 0 Å². The predicted octanol–water partition coefficient (Wildman–Crippen LogP) is -2.92. The van der Waals surface area contributed by atoms with Gasteiger partial charge < -0.3 is 76.9 Å². The third kappa shape index (κ3) is 18.7. The maximum atomic E-state index is 14.7. The molecule has 0 bridgehead atoms. The molecule has 77 heavy (non-hydrogen) atoms. The number of esters is 1. The van der Waals surface area contributed by atoms with Crippen molar-refractivity contribution in [3.63, 3.8) is 0 Å². The van der Waals surface area contributed by atoms with Crippen LogP contribution in [-0.2, 0) is 59.1 Å². The third-order valence-corrected chi connectivity index (χ3v) is 13.9. The molecule has 0 radical (unpaired) electrons. The molecule has 0 spiro atoms. The van der Waals surface area contributed by atoms with Gasteiger partial charge in [-0.25, -0.2) is 4.79 Å². The molecule has 1 aliphatic heterocycles. The van der Waals surface area contributed by atoms with Gasteiger partial charge in [-0.1, -0.05) is 98.6 Å². The van der Waals surface area contributed by atoms with Gasteiger partial charge in [0, 0.05) is 27.6 Å². The van der Waals surface area contributed by atoms with E-state index in [0.29, 0.717) is 18.4 Å². The summed E-state index contributed by atoms with van der Waals surface area (Å²) in [5.41, 5.74) is 0.612. The molecule has 1 aliphatic rings. The highest BCUT2D eigenvalue weighted by molar-refractivity contribution is 5.98. The quantitative estimate of drug-likeness (QED) is 0.0832. The SMILES string of the molecule is CC[C@H](C)[C@@H]1NC(=O)CNC(=O)[C@H](Cc2ccccc2)N(C)C(=O)[C@H]([C@@H](C)CC)NC(=O)[C@H]([C@@H](C)O)N(C)C(=O)[C@H](CC(C)C)NC(=O)[C@@H]([C@@H](O)[C@H](O)CO)OC(=O)[C@H](C)N(C)C(=O)[C@H](C(C)C)NC(=O)[C@H](CO)NC1=O. The molecule has 1 aromatic rings. The van der Waals surface area contributed by atoms with Crippen LogP contribution in [0.15, 0.2) is 30.3 Å². The molecule has 1 aromatic carbocycles. The van der Waals surface area contributed by atoms with Crippen LogP contribution in [0, 0.1) is 23.7 Å². The van der Waals surface area contributed by atoms with E-state index < -0.39 is 169 Å². The molecule has 1 saturated heterocycles. The maximum Gasteiger partial charge on any atom is 0.329 e. The van der Waals surface area contributed by atoms with E-state index in [1.54, 1.807) is 85.7 Å². The molecule has 14 atom stereocenters. The Labute approximate surface area is 450 Å². The Bertz CT molecular complexity index is 2180. The summed E-state index contributed by atoms with van der Waals surface area (Å²) < 4.78 is 5.43. The van der Waals surface area contributed by atoms with Crippen LogP contribution >= 0.6 is 0 Å². The van der Waals surface area contributed by atoms with Crippen molar-refractivity contribution >= 4 is 59.1 Å². The zero-order chi connectivity index (χ0) is 58.8. The minimum Gasteiger partial charge on any atom is -0.448 e. The Morgan fingerprint density at radius 1 is 0.623 bits per heavy atom. The second kappa shape index (κ2) is 31.2. The fourth-order valence-corrected chi connectivity index (χ4v) is 8.40. The molecular weight excluding hydrogens is 1010 g/mol. The number of benzene rings is 1. The zero-order valence-corrected chi connectivity index (χ0v) is 46.6. The summed E-state index contributed by atoms with van der Waals surface area (Å²) >= 11 is 0. The van der Waals surface area contributed by atoms with E-state index in [9.17, 15) is 73.5 Å². The van der Waals surface area contributed by atoms with Crippen LogP contribution in [0.4, 0.5) is 0 Å². The Kier molecular flexibility index (Phi) is 27.1. The summed E-state index contributed by atoms with van der Waals surface area (Å²) in [7, 11) is 3.65. The average molecular weight is 1090 g/mol. The van der Waals surface area contributed by atoms with Gasteiger partial charge in [-0.3, -0.25) is 43.2 Å². The number of nitrogens with one attached hydrogen (secondary N) is 6. The van der Waals surface area contributed by atoms with E-state index in [1.165, 1.54) is 20.9 Å². The Morgan fingerprint density at radius 3 is 1.69 bits per heavy atom. The summed E-state index contributed by atoms with van der Waals surface area (Å²) in [6.45, 7) is 12.8. The monoisotopic (exact) mass is 1090 g/mol. The zero-order valence-electron chi connectivity index (χ0n) is 46.6. The first-order chi connectivity index (χ1) is 36.0. The maximum absolute atomic E-state index is 14.7. The lowest BCUT2D eigenvalue weighted by molar-refractivity contribution is -0.175. The van der Waals surface area contributed by atoms with Gasteiger partial charge in [-0.05, 0) is 49.5 Å². The number of amides is 9. The van der Waals surface area contributed by atoms with Crippen molar-refractivity contribution in [1.29, 1.82) is 0 Å². The van der Waals surface area contributed by atoms with E-state index in [1.807, 2.05) is 0 Å². The summed E-state index contributed by atoms with van der Waals surface area (Å²) in [4.78, 5) is 144. The molecule has 0 aliphatic carbocycles. The summed E-state index contributed by atoms with van der Waals surface area (Å²) in [6, 6.07) is -3.46. The van der Waals surface area contributed by atoms with Crippen molar-refractivity contribution in [3.8, 4) is 0 Å². The normalized spacial score (nSPS) is 27.3. The summed E-state index contributed by atoms with van der Waals surface area (Å²) in [5.74, 6) is -12.2. The van der Waals surface area contributed by atoms with Crippen molar-refractivity contribution < 1.29 is 78.2 Å². The van der Waals surface area contributed by atoms with Gasteiger partial charge in [-0.15, -0.1) is 0 Å². The van der Waals surface area contributed by atoms with Gasteiger partial charge in [0.2, 0.25) is 53.4 Å². The number of aliphatic hydroxyl groups excluding tert-OH is 5. The van der Waals surface area contributed by atoms with Gasteiger partial charge in [0.15, 0.2) is 0 Å². The van der Waals surface area contributed by atoms with Crippen LogP contribution in [0.2, 0.25) is 0 Å². The minimum absolute atomic E-state index is 0.0780. The van der Waals surface area contributed by atoms with Gasteiger partial charge in [0.25, 0.3) is 5.91 Å². The van der Waals surface area contributed by atoms with Crippen LogP contribution in [0.3, 0.4) is 0 Å². The van der Waals surface area contributed by atoms with Crippen molar-refractivity contribution in [2.24, 2.45) is 23.7 Å². The fraction of sp³-hybridized carbons (Fsp3) is 0.692. The first-order valence-corrected chi connectivity index (χ1v) is 26.1. The van der Waals surface area contributed by atoms with Crippen LogP contribution in [0.1, 0.15) is 94.1 Å². The second-order valence-electron chi connectivity index (χ2n) is 20.7. The number of likely N-dealkylation sites (N-methyl/N-ethyl adjacent to an activating group) is 3. The predicted molar refractivity (Wildman–Crippen MR) is 279 cm³/mol. The third-order valence-electron chi connectivity index (χ3n) is 13.9. The Morgan fingerprint density at radius 2 is 1.17 bits per heavy atom. The minimum atomic E-state index is -2.36. The van der Waals surface area contributed by atoms with E-state index in [-0.39, 0.29) is 18.8 Å². The van der Waals surface area contributed by atoms with Crippen LogP contribution in [0.25, 0.3) is 0 Å². The van der Waals surface area contributed by atoms with Crippen molar-refractivity contribution in [2.45, 2.75) is 168 Å². The number of hydrogen-bond acceptors (Lipinski definition) is 16. The lowest BCUT2D eigenvalue weighted by Crippen LogP contribution is -2.63. The number of carbonyl (C=O) groups is 10. The smallest absolute Gasteiger partial charge is 0.329 e. The number of rotatable bonds is 14. The second-order valence-corrected chi connectivity index (χ2v) is 20.7. The number of ether oxygens (including phenoxy) is 1. The molecule has 0 aromatic heterocycles. The number of hydrogen-bond donors (Lipinski definition) is 11. The molecule has 1 heterocycles. The standard InChI is InChI=1S/C52H85N9O16/c1-14-28(7)39-46(70)55-34(24-62)44(68)57-38(27(5)6)50(74)59(11)30(9)52(76)77-43(42(67)36(65)25-63)48(72)54-33(21-26(3)4)49(73)61(13)41(31(10)64)47(71)58-40(29(8)15-2)51(75)60(12)35(22-32-19-17-16-18-20-32)45(69)53-23-37(66)56-39/h16-20,26-31,33-36,38-43,62-65,67H,14-15,21-25H2,1-13H3,(H,53,69)(H,54,72)(H,55,70)(H,56,66)(H,57,68)(H,58,71)/t28-,29-,30-,31+,33-,34-,35-,36+,38-,39-,40-,41-,42-,43+/m0/s1. The molecule has 25 heteroatoms. The topological polar surface area (TPSA) is 363 Å². The molecular formula is C52H85N9O16. The number of nitrogens with zero attached hydrogens (tertiary/aromatic N) is 3. The number of aliphatic hydroxyl groups is 5. The van der Waals surface area contributed by atoms with Gasteiger partial charge in [0.1, 0.15) is 60.5 Å². The van der Waals surface area contributed by atoms with Gasteiger partial charge in [-0.2, -0.15) is 0 Å². The van der Waals surface area contributed by atoms with Crippen molar-refractivity contribution in [3.05, 3.63) is 35.9 Å². The van der Waals surface area contributed by atoms with Gasteiger partial charge in [0.05, 0.1) is 25.9 Å². The number of carbonyl (C=O) groups excluding carboxylic acids is 10. The van der Waals surface area contributed by atoms with Crippen LogP contribution in [-0.4, -0.2) is 213 Å². The first-order valence-electron chi connectivity index (χ1n) is 26.1. The molecule has 1 fully saturated rings. The van der Waals surface area contributed by atoms with Gasteiger partial charge >= 0.3 is 5.97 Å². The van der Waals surface area contributed by atoms with Crippen molar-refractivity contribution in [1.82, 2.24) is 46.6 Å². The van der Waals surface area contributed by atoms with Crippen molar-refractivity contribution in [2.75, 3.05) is 40.9 Å². The molecule has 11 N–H and O–H groups in total. The van der Waals surface area contributed by atoms with E-state index in [2.05, 4.69) is 31.9 Å². The number of cyclic esters (lactones) is 1. The largest absolute Gasteiger partial charge is 0.448 e. The lowest BCUT2D eigenvalue weighted by Gasteiger charge is -2.36. The molecule has 434 valence electrons. The summed E-state index contributed by atoms with van der Waals surface area (Å²) in [6.07, 6.45) is -8.00. The Hall–Kier alpha value is -6.28. The highest BCUT2D eigenvalue weighted by Crippen LogP contribution is 2.20. The van der Waals surface area contributed by atoms with Crippen LogP contribution < -0.4 is 31.9 Å². The highest BCUT2D eigenvalue weighted by Gasteiger charge is 2.44. The molecule has 2 rings (SSSR count). The lowest BCUT2D eigenvalue weighted by atomic mass is 9.95. The summed E-state index contributed by atoms with van der Waals surface area (Å²) in [5, 5.41) is 67.9. The fourth-order valence-electron chi connectivity index (χ4n) is 8.40. The first kappa shape index (κ1) is 66.8. The molecule has 0 unspecified atom stereocenters. The molecule has 0 saturated carbocycles. The highest BCUT2D eigenvalue weighted by atomic mass is 16.6. The molecule has 9 amide bonds. The van der Waals surface area contributed by atoms with E-state index in [4.69, 9.17) is 4.74 Å². The van der Waals surface area contributed by atoms with E-state index in [0.717, 1.165) is 28.8 Å². The molecule has 25 nitrogen and oxygen atoms in total. The van der Waals surface area contributed by atoms with E-state index >= 15 is 0 Å². The average Bonchev–Trinajstić information content (AvgIpc) is 3.39.